The SMILES string of the molecule is Cc1ccc(S(=O)(=O)O)c(C(O)CC(c2ccc(Oc3ccccc3)cc2)c2ccc(Oc3ccccc3)cc2)c1. The molecule has 7 heteroatoms. The normalized spacial score (nSPS) is 12.2. The monoisotopic (exact) mass is 566 g/mol. The number of hydrogen-bond donors (Lipinski definition) is 2. The van der Waals surface area contributed by atoms with Crippen molar-refractivity contribution in [2.24, 2.45) is 0 Å². The van der Waals surface area contributed by atoms with Crippen LogP contribution in [0.3, 0.4) is 0 Å². The zero-order valence-electron chi connectivity index (χ0n) is 22.4. The van der Waals surface area contributed by atoms with Crippen molar-refractivity contribution in [3.05, 3.63) is 150 Å². The molecule has 208 valence electrons. The van der Waals surface area contributed by atoms with Crippen molar-refractivity contribution in [3.8, 4) is 23.0 Å². The minimum absolute atomic E-state index is 0.158. The molecule has 0 aliphatic heterocycles. The third kappa shape index (κ3) is 7.21. The standard InChI is InChI=1S/C34H30O6S/c1-24-12-21-34(41(36,37)38)32(22-24)33(35)23-31(25-13-17-29(18-14-25)39-27-8-4-2-5-9-27)26-15-19-30(20-16-26)40-28-10-6-3-7-11-28/h2-22,31,33,35H,23H2,1H3,(H,36,37,38). The van der Waals surface area contributed by atoms with Crippen LogP contribution in [0.15, 0.2) is 132 Å². The predicted molar refractivity (Wildman–Crippen MR) is 158 cm³/mol. The van der Waals surface area contributed by atoms with Gasteiger partial charge in [-0.1, -0.05) is 78.4 Å². The van der Waals surface area contributed by atoms with Crippen molar-refractivity contribution >= 4 is 10.1 Å². The van der Waals surface area contributed by atoms with Crippen LogP contribution in [-0.4, -0.2) is 18.1 Å². The molecule has 0 saturated carbocycles. The van der Waals surface area contributed by atoms with Gasteiger partial charge in [0.25, 0.3) is 10.1 Å². The lowest BCUT2D eigenvalue weighted by Gasteiger charge is -2.23. The summed E-state index contributed by atoms with van der Waals surface area (Å²) in [4.78, 5) is -0.299. The largest absolute Gasteiger partial charge is 0.457 e. The topological polar surface area (TPSA) is 93.1 Å². The number of aliphatic hydroxyl groups is 1. The molecule has 0 heterocycles. The average Bonchev–Trinajstić information content (AvgIpc) is 2.97. The fourth-order valence-electron chi connectivity index (χ4n) is 4.76. The maximum atomic E-state index is 12.1. The second kappa shape index (κ2) is 12.4. The third-order valence-electron chi connectivity index (χ3n) is 6.78. The van der Waals surface area contributed by atoms with E-state index in [9.17, 15) is 18.1 Å². The first-order valence-corrected chi connectivity index (χ1v) is 14.6. The third-order valence-corrected chi connectivity index (χ3v) is 7.71. The molecule has 5 rings (SSSR count). The molecule has 2 N–H and O–H groups in total. The summed E-state index contributed by atoms with van der Waals surface area (Å²) < 4.78 is 45.9. The highest BCUT2D eigenvalue weighted by Crippen LogP contribution is 2.38. The average molecular weight is 567 g/mol. The summed E-state index contributed by atoms with van der Waals surface area (Å²) in [5.74, 6) is 2.46. The van der Waals surface area contributed by atoms with Gasteiger partial charge in [-0.25, -0.2) is 0 Å². The van der Waals surface area contributed by atoms with E-state index in [2.05, 4.69) is 0 Å². The Morgan fingerprint density at radius 2 is 1.07 bits per heavy atom. The highest BCUT2D eigenvalue weighted by molar-refractivity contribution is 7.85. The Bertz CT molecular complexity index is 1600. The van der Waals surface area contributed by atoms with Gasteiger partial charge in [0, 0.05) is 11.5 Å². The van der Waals surface area contributed by atoms with Crippen LogP contribution in [0.1, 0.15) is 40.7 Å². The molecule has 0 bridgehead atoms. The summed E-state index contributed by atoms with van der Waals surface area (Å²) in [6.07, 6.45) is -0.999. The number of benzene rings is 5. The van der Waals surface area contributed by atoms with Crippen molar-refractivity contribution < 1.29 is 27.6 Å². The second-order valence-corrected chi connectivity index (χ2v) is 11.2. The summed E-state index contributed by atoms with van der Waals surface area (Å²) in [5.41, 5.74) is 2.74. The smallest absolute Gasteiger partial charge is 0.294 e. The van der Waals surface area contributed by atoms with Gasteiger partial charge in [-0.2, -0.15) is 8.42 Å². The molecule has 5 aromatic rings. The maximum Gasteiger partial charge on any atom is 0.294 e. The van der Waals surface area contributed by atoms with E-state index in [0.717, 1.165) is 28.2 Å². The molecule has 1 atom stereocenters. The Morgan fingerprint density at radius 1 is 0.634 bits per heavy atom. The highest BCUT2D eigenvalue weighted by Gasteiger charge is 2.25. The van der Waals surface area contributed by atoms with Gasteiger partial charge in [-0.05, 0) is 79.1 Å². The van der Waals surface area contributed by atoms with Crippen LogP contribution in [0, 0.1) is 6.92 Å². The van der Waals surface area contributed by atoms with Crippen LogP contribution in [-0.2, 0) is 10.1 Å². The number of aliphatic hydroxyl groups excluding tert-OH is 1. The van der Waals surface area contributed by atoms with Gasteiger partial charge in [-0.15, -0.1) is 0 Å². The van der Waals surface area contributed by atoms with Gasteiger partial charge < -0.3 is 14.6 Å². The van der Waals surface area contributed by atoms with E-state index in [1.807, 2.05) is 109 Å². The molecule has 0 aliphatic carbocycles. The fourth-order valence-corrected chi connectivity index (χ4v) is 5.50. The first-order valence-electron chi connectivity index (χ1n) is 13.2. The Kier molecular flexibility index (Phi) is 8.50. The van der Waals surface area contributed by atoms with Crippen LogP contribution < -0.4 is 9.47 Å². The lowest BCUT2D eigenvalue weighted by molar-refractivity contribution is 0.158. The number of hydrogen-bond acceptors (Lipinski definition) is 5. The van der Waals surface area contributed by atoms with Gasteiger partial charge in [0.2, 0.25) is 0 Å². The van der Waals surface area contributed by atoms with Crippen LogP contribution in [0.2, 0.25) is 0 Å². The zero-order valence-corrected chi connectivity index (χ0v) is 23.2. The molecule has 0 aromatic heterocycles. The van der Waals surface area contributed by atoms with Crippen LogP contribution in [0.5, 0.6) is 23.0 Å². The summed E-state index contributed by atoms with van der Waals surface area (Å²) in [7, 11) is -4.52. The van der Waals surface area contributed by atoms with E-state index in [1.54, 1.807) is 19.1 Å². The number of rotatable bonds is 10. The Labute approximate surface area is 240 Å². The molecule has 0 amide bonds. The summed E-state index contributed by atoms with van der Waals surface area (Å²) in [6.45, 7) is 1.80. The van der Waals surface area contributed by atoms with E-state index < -0.39 is 16.2 Å². The second-order valence-electron chi connectivity index (χ2n) is 9.79. The Balaban J connectivity index is 1.46. The summed E-state index contributed by atoms with van der Waals surface area (Å²) in [6, 6.07) is 38.7. The predicted octanol–water partition coefficient (Wildman–Crippen LogP) is 8.08. The van der Waals surface area contributed by atoms with E-state index in [4.69, 9.17) is 9.47 Å². The Hall–Kier alpha value is -4.43. The molecule has 1 unspecified atom stereocenters. The first kappa shape index (κ1) is 28.1. The molecular formula is C34H30O6S. The van der Waals surface area contributed by atoms with E-state index >= 15 is 0 Å². The minimum atomic E-state index is -4.52. The molecular weight excluding hydrogens is 536 g/mol. The fraction of sp³-hybridized carbons (Fsp3) is 0.118. The van der Waals surface area contributed by atoms with Crippen molar-refractivity contribution in [3.63, 3.8) is 0 Å². The van der Waals surface area contributed by atoms with E-state index in [1.165, 1.54) is 6.07 Å². The molecule has 0 spiro atoms. The van der Waals surface area contributed by atoms with Gasteiger partial charge in [0.15, 0.2) is 0 Å². The van der Waals surface area contributed by atoms with Crippen molar-refractivity contribution in [1.82, 2.24) is 0 Å². The van der Waals surface area contributed by atoms with Gasteiger partial charge in [0.05, 0.1) is 11.0 Å². The molecule has 41 heavy (non-hydrogen) atoms. The minimum Gasteiger partial charge on any atom is -0.457 e. The lowest BCUT2D eigenvalue weighted by Crippen LogP contribution is -2.12. The molecule has 0 fully saturated rings. The maximum absolute atomic E-state index is 12.1. The molecule has 5 aromatic carbocycles. The van der Waals surface area contributed by atoms with Crippen molar-refractivity contribution in [2.75, 3.05) is 0 Å². The van der Waals surface area contributed by atoms with Crippen molar-refractivity contribution in [1.29, 1.82) is 0 Å². The number of aryl methyl sites for hydroxylation is 1. The highest BCUT2D eigenvalue weighted by atomic mass is 32.2. The van der Waals surface area contributed by atoms with Crippen molar-refractivity contribution in [2.45, 2.75) is 30.3 Å². The quantitative estimate of drug-likeness (QED) is 0.166. The number of para-hydroxylation sites is 2. The van der Waals surface area contributed by atoms with Gasteiger partial charge in [-0.3, -0.25) is 4.55 Å². The van der Waals surface area contributed by atoms with Gasteiger partial charge in [0.1, 0.15) is 23.0 Å². The van der Waals surface area contributed by atoms with Crippen LogP contribution in [0.4, 0.5) is 0 Å². The van der Waals surface area contributed by atoms with Crippen LogP contribution >= 0.6 is 0 Å². The lowest BCUT2D eigenvalue weighted by atomic mass is 9.85. The van der Waals surface area contributed by atoms with E-state index in [0.29, 0.717) is 11.5 Å². The first-order chi connectivity index (χ1) is 19.8. The van der Waals surface area contributed by atoms with Gasteiger partial charge >= 0.3 is 0 Å². The van der Waals surface area contributed by atoms with Crippen LogP contribution in [0.25, 0.3) is 0 Å². The molecule has 6 nitrogen and oxygen atoms in total. The Morgan fingerprint density at radius 3 is 1.51 bits per heavy atom. The molecule has 0 aliphatic rings. The number of ether oxygens (including phenoxy) is 2. The van der Waals surface area contributed by atoms with E-state index in [-0.39, 0.29) is 22.8 Å². The molecule has 0 radical (unpaired) electrons. The molecule has 0 saturated heterocycles. The summed E-state index contributed by atoms with van der Waals surface area (Å²) in [5, 5.41) is 11.4. The summed E-state index contributed by atoms with van der Waals surface area (Å²) >= 11 is 0. The zero-order chi connectivity index (χ0) is 28.8.